The summed E-state index contributed by atoms with van der Waals surface area (Å²) in [5.74, 6) is 0.648. The number of piperazine rings is 1. The molecule has 11 heteroatoms. The van der Waals surface area contributed by atoms with Crippen LogP contribution in [0.15, 0.2) is 0 Å². The van der Waals surface area contributed by atoms with Crippen LogP contribution in [0.3, 0.4) is 0 Å². The molecule has 1 aromatic heterocycles. The Hall–Kier alpha value is -1.08. The van der Waals surface area contributed by atoms with Crippen LogP contribution < -0.4 is 10.2 Å². The Morgan fingerprint density at radius 2 is 2.00 bits per heavy atom. The molecule has 2 saturated heterocycles. The molecule has 2 aliphatic heterocycles. The van der Waals surface area contributed by atoms with Crippen molar-refractivity contribution in [3.8, 4) is 0 Å². The molecule has 0 amide bonds. The first kappa shape index (κ1) is 18.7. The molecule has 0 aliphatic carbocycles. The topological polar surface area (TPSA) is 123 Å². The monoisotopic (exact) mass is 375 g/mol. The normalized spacial score (nSPS) is 34.3. The average molecular weight is 375 g/mol. The molecular formula is C14H25N5O5S. The minimum Gasteiger partial charge on any atom is -0.394 e. The van der Waals surface area contributed by atoms with E-state index in [9.17, 15) is 15.3 Å². The molecule has 0 bridgehead atoms. The number of methoxy groups -OCH3 is 1. The van der Waals surface area contributed by atoms with Gasteiger partial charge in [0.25, 0.3) is 0 Å². The molecule has 0 saturated carbocycles. The molecule has 0 aromatic carbocycles. The fourth-order valence-corrected chi connectivity index (χ4v) is 3.62. The highest BCUT2D eigenvalue weighted by Gasteiger charge is 2.45. The fraction of sp³-hybridized carbons (Fsp3) is 0.857. The lowest BCUT2D eigenvalue weighted by Crippen LogP contribution is -2.61. The molecule has 0 radical (unpaired) electrons. The van der Waals surface area contributed by atoms with Gasteiger partial charge in [0.1, 0.15) is 24.4 Å². The quantitative estimate of drug-likeness (QED) is 0.466. The summed E-state index contributed by atoms with van der Waals surface area (Å²) in [4.78, 5) is 8.83. The highest BCUT2D eigenvalue weighted by atomic mass is 32.1. The third-order valence-corrected chi connectivity index (χ3v) is 5.24. The molecule has 10 nitrogen and oxygen atoms in total. The Balaban J connectivity index is 1.67. The fourth-order valence-electron chi connectivity index (χ4n) is 2.99. The van der Waals surface area contributed by atoms with Crippen LogP contribution >= 0.6 is 11.5 Å². The van der Waals surface area contributed by atoms with E-state index >= 15 is 0 Å². The maximum atomic E-state index is 10.3. The Morgan fingerprint density at radius 3 is 2.64 bits per heavy atom. The lowest BCUT2D eigenvalue weighted by molar-refractivity contribution is -0.254. The van der Waals surface area contributed by atoms with Crippen LogP contribution in [0.4, 0.5) is 11.1 Å². The van der Waals surface area contributed by atoms with E-state index in [0.717, 1.165) is 26.2 Å². The van der Waals surface area contributed by atoms with Crippen molar-refractivity contribution in [3.05, 3.63) is 0 Å². The predicted octanol–water partition coefficient (Wildman–Crippen LogP) is -1.84. The molecule has 1 aromatic rings. The van der Waals surface area contributed by atoms with E-state index in [2.05, 4.69) is 31.5 Å². The first-order chi connectivity index (χ1) is 12.0. The third kappa shape index (κ3) is 4.03. The van der Waals surface area contributed by atoms with E-state index in [4.69, 9.17) is 9.47 Å². The van der Waals surface area contributed by atoms with E-state index in [1.54, 1.807) is 0 Å². The Bertz CT molecular complexity index is 553. The van der Waals surface area contributed by atoms with E-state index in [1.807, 2.05) is 0 Å². The van der Waals surface area contributed by atoms with Crippen molar-refractivity contribution in [1.29, 1.82) is 0 Å². The first-order valence-corrected chi connectivity index (χ1v) is 8.99. The highest BCUT2D eigenvalue weighted by molar-refractivity contribution is 7.09. The van der Waals surface area contributed by atoms with Crippen molar-refractivity contribution >= 4 is 22.6 Å². The average Bonchev–Trinajstić information content (AvgIpc) is 3.08. The van der Waals surface area contributed by atoms with Crippen LogP contribution in [0.5, 0.6) is 0 Å². The molecule has 2 aliphatic rings. The van der Waals surface area contributed by atoms with Crippen LogP contribution in [-0.4, -0.2) is 107 Å². The molecule has 0 spiro atoms. The van der Waals surface area contributed by atoms with Crippen LogP contribution in [0.1, 0.15) is 0 Å². The van der Waals surface area contributed by atoms with E-state index in [0.29, 0.717) is 11.1 Å². The number of anilines is 2. The molecule has 3 rings (SSSR count). The lowest BCUT2D eigenvalue weighted by Gasteiger charge is -2.41. The molecule has 142 valence electrons. The van der Waals surface area contributed by atoms with E-state index in [1.165, 1.54) is 18.6 Å². The number of nitrogens with zero attached hydrogens (tertiary/aromatic N) is 4. The second-order valence-corrected chi connectivity index (χ2v) is 7.05. The van der Waals surface area contributed by atoms with Gasteiger partial charge in [-0.05, 0) is 7.05 Å². The minimum absolute atomic E-state index is 0.406. The van der Waals surface area contributed by atoms with Gasteiger partial charge in [-0.3, -0.25) is 0 Å². The van der Waals surface area contributed by atoms with Gasteiger partial charge < -0.3 is 39.9 Å². The Morgan fingerprint density at radius 1 is 1.28 bits per heavy atom. The van der Waals surface area contributed by atoms with Crippen LogP contribution in [0, 0.1) is 0 Å². The summed E-state index contributed by atoms with van der Waals surface area (Å²) < 4.78 is 15.1. The maximum absolute atomic E-state index is 10.3. The summed E-state index contributed by atoms with van der Waals surface area (Å²) in [6.07, 6.45) is -4.12. The van der Waals surface area contributed by atoms with Gasteiger partial charge in [0.2, 0.25) is 11.1 Å². The number of likely N-dealkylation sites (N-methyl/N-ethyl adjacent to an activating group) is 1. The zero-order valence-electron chi connectivity index (χ0n) is 14.3. The number of hydrogen-bond acceptors (Lipinski definition) is 11. The standard InChI is InChI=1S/C14H25N5O5S/c1-18-3-5-19(6-4-18)13-16-14(25-17-13)15-9-11(22)10(21)8(7-20)24-12(9)23-2/h8-12,20-22H,3-7H2,1-2H3,(H,15,16,17)/t8-,9?,10+,11-,12-/m1/s1. The number of rotatable bonds is 5. The maximum Gasteiger partial charge on any atom is 0.239 e. The van der Waals surface area contributed by atoms with Gasteiger partial charge in [0, 0.05) is 44.8 Å². The van der Waals surface area contributed by atoms with Crippen molar-refractivity contribution in [3.63, 3.8) is 0 Å². The van der Waals surface area contributed by atoms with Gasteiger partial charge >= 0.3 is 0 Å². The first-order valence-electron chi connectivity index (χ1n) is 8.22. The van der Waals surface area contributed by atoms with Gasteiger partial charge in [0.15, 0.2) is 6.29 Å². The summed E-state index contributed by atoms with van der Waals surface area (Å²) in [6.45, 7) is 3.23. The van der Waals surface area contributed by atoms with Gasteiger partial charge in [-0.1, -0.05) is 0 Å². The zero-order chi connectivity index (χ0) is 18.0. The number of ether oxygens (including phenoxy) is 2. The number of aliphatic hydroxyl groups excluding tert-OH is 3. The number of nitrogens with one attached hydrogen (secondary N) is 1. The number of aromatic nitrogens is 2. The van der Waals surface area contributed by atoms with E-state index in [-0.39, 0.29) is 0 Å². The summed E-state index contributed by atoms with van der Waals surface area (Å²) in [5.41, 5.74) is 0. The minimum atomic E-state index is -1.22. The smallest absolute Gasteiger partial charge is 0.239 e. The molecule has 1 unspecified atom stereocenters. The Kier molecular flexibility index (Phi) is 6.04. The predicted molar refractivity (Wildman–Crippen MR) is 91.8 cm³/mol. The second-order valence-electron chi connectivity index (χ2n) is 6.30. The third-order valence-electron chi connectivity index (χ3n) is 4.60. The summed E-state index contributed by atoms with van der Waals surface area (Å²) >= 11 is 1.18. The van der Waals surface area contributed by atoms with Gasteiger partial charge in [0.05, 0.1) is 6.61 Å². The highest BCUT2D eigenvalue weighted by Crippen LogP contribution is 2.26. The number of hydrogen-bond donors (Lipinski definition) is 4. The molecule has 25 heavy (non-hydrogen) atoms. The summed E-state index contributed by atoms with van der Waals surface area (Å²) in [5, 5.41) is 33.2. The van der Waals surface area contributed by atoms with Gasteiger partial charge in [-0.25, -0.2) is 0 Å². The molecule has 3 heterocycles. The zero-order valence-corrected chi connectivity index (χ0v) is 15.1. The van der Waals surface area contributed by atoms with Crippen LogP contribution in [0.25, 0.3) is 0 Å². The van der Waals surface area contributed by atoms with Crippen molar-refractivity contribution in [2.75, 3.05) is 57.2 Å². The Labute approximate surface area is 150 Å². The number of aliphatic hydroxyl groups is 3. The van der Waals surface area contributed by atoms with Crippen molar-refractivity contribution in [2.45, 2.75) is 30.6 Å². The van der Waals surface area contributed by atoms with Crippen LogP contribution in [0.2, 0.25) is 0 Å². The second kappa shape index (κ2) is 8.08. The molecule has 2 fully saturated rings. The molecule has 4 N–H and O–H groups in total. The summed E-state index contributed by atoms with van der Waals surface area (Å²) in [7, 11) is 3.52. The summed E-state index contributed by atoms with van der Waals surface area (Å²) in [6, 6.07) is -0.726. The van der Waals surface area contributed by atoms with Crippen molar-refractivity contribution in [2.24, 2.45) is 0 Å². The largest absolute Gasteiger partial charge is 0.394 e. The SMILES string of the molecule is CO[C@@H]1O[C@H](CO)[C@H](O)[C@H](O)C1Nc1nc(N2CCN(C)CC2)ns1. The molecular weight excluding hydrogens is 350 g/mol. The van der Waals surface area contributed by atoms with Gasteiger partial charge in [-0.2, -0.15) is 9.36 Å². The van der Waals surface area contributed by atoms with Gasteiger partial charge in [-0.15, -0.1) is 0 Å². The van der Waals surface area contributed by atoms with Crippen molar-refractivity contribution < 1.29 is 24.8 Å². The van der Waals surface area contributed by atoms with Crippen molar-refractivity contribution in [1.82, 2.24) is 14.3 Å². The van der Waals surface area contributed by atoms with E-state index < -0.39 is 37.3 Å². The molecule has 5 atom stereocenters. The van der Waals surface area contributed by atoms with Crippen LogP contribution in [-0.2, 0) is 9.47 Å². The lowest BCUT2D eigenvalue weighted by atomic mass is 9.97.